The first kappa shape index (κ1) is 23.0. The molecule has 0 amide bonds. The zero-order valence-electron chi connectivity index (χ0n) is 22.0. The first-order chi connectivity index (χ1) is 16.8. The van der Waals surface area contributed by atoms with Crippen LogP contribution in [0.3, 0.4) is 0 Å². The quantitative estimate of drug-likeness (QED) is 0.285. The molecule has 0 N–H and O–H groups in total. The maximum absolute atomic E-state index is 14.1. The second-order valence-electron chi connectivity index (χ2n) is 14.0. The molecule has 5 heteroatoms. The van der Waals surface area contributed by atoms with Gasteiger partial charge in [-0.2, -0.15) is 0 Å². The van der Waals surface area contributed by atoms with Crippen molar-refractivity contribution in [3.63, 3.8) is 0 Å². The monoisotopic (exact) mass is 484 g/mol. The Morgan fingerprint density at radius 1 is 0.771 bits per heavy atom. The number of hydrogen-bond acceptors (Lipinski definition) is 5. The number of carbonyl (C=O) groups excluding carboxylic acids is 2. The van der Waals surface area contributed by atoms with E-state index >= 15 is 0 Å². The predicted molar refractivity (Wildman–Crippen MR) is 130 cm³/mol. The van der Waals surface area contributed by atoms with Crippen LogP contribution in [-0.4, -0.2) is 30.4 Å². The Bertz CT molecular complexity index is 862. The van der Waals surface area contributed by atoms with E-state index in [1.807, 2.05) is 6.92 Å². The summed E-state index contributed by atoms with van der Waals surface area (Å²) < 4.78 is 18.0. The molecule has 0 radical (unpaired) electrons. The van der Waals surface area contributed by atoms with E-state index in [0.717, 1.165) is 55.3 Å². The first-order valence-electron chi connectivity index (χ1n) is 14.8. The lowest BCUT2D eigenvalue weighted by atomic mass is 9.54. The standard InChI is InChI=1S/C30H44O5/c1-5-33-16(4)34-28(31)26-22-10-23(25-21-9-20(24(22)25)14(2)15(21)3)27(26)29(32)35-30-11-17-6-18(12-30)8-19(7-17)13-30/h14-27H,5-13H2,1-4H3. The summed E-state index contributed by atoms with van der Waals surface area (Å²) in [6, 6.07) is 0. The average molecular weight is 485 g/mol. The molecule has 11 unspecified atom stereocenters. The molecule has 11 atom stereocenters. The summed E-state index contributed by atoms with van der Waals surface area (Å²) in [5, 5.41) is 0. The number of rotatable bonds is 6. The van der Waals surface area contributed by atoms with Crippen molar-refractivity contribution in [3.05, 3.63) is 0 Å². The van der Waals surface area contributed by atoms with Gasteiger partial charge in [-0.15, -0.1) is 0 Å². The highest BCUT2D eigenvalue weighted by atomic mass is 16.7. The van der Waals surface area contributed by atoms with Crippen LogP contribution in [0.15, 0.2) is 0 Å². The minimum Gasteiger partial charge on any atom is -0.459 e. The summed E-state index contributed by atoms with van der Waals surface area (Å²) in [6.07, 6.45) is 8.87. The maximum atomic E-state index is 14.1. The number of fused-ring (bicyclic) bond motifs is 9. The van der Waals surface area contributed by atoms with Gasteiger partial charge in [-0.3, -0.25) is 9.59 Å². The number of esters is 2. The van der Waals surface area contributed by atoms with Crippen LogP contribution in [-0.2, 0) is 23.8 Å². The van der Waals surface area contributed by atoms with Crippen molar-refractivity contribution in [2.75, 3.05) is 6.61 Å². The molecule has 8 aliphatic carbocycles. The van der Waals surface area contributed by atoms with Crippen LogP contribution in [0.25, 0.3) is 0 Å². The Morgan fingerprint density at radius 2 is 1.26 bits per heavy atom. The van der Waals surface area contributed by atoms with Gasteiger partial charge < -0.3 is 14.2 Å². The molecule has 0 saturated heterocycles. The summed E-state index contributed by atoms with van der Waals surface area (Å²) in [5.41, 5.74) is -0.253. The third kappa shape index (κ3) is 3.28. The van der Waals surface area contributed by atoms with E-state index in [4.69, 9.17) is 14.2 Å². The zero-order chi connectivity index (χ0) is 24.2. The number of ether oxygens (including phenoxy) is 3. The van der Waals surface area contributed by atoms with Crippen molar-refractivity contribution in [1.82, 2.24) is 0 Å². The molecule has 0 aliphatic heterocycles. The fourth-order valence-corrected chi connectivity index (χ4v) is 11.8. The zero-order valence-corrected chi connectivity index (χ0v) is 22.0. The van der Waals surface area contributed by atoms with E-state index < -0.39 is 6.29 Å². The van der Waals surface area contributed by atoms with Gasteiger partial charge in [0.15, 0.2) is 6.29 Å². The van der Waals surface area contributed by atoms with E-state index in [0.29, 0.717) is 30.3 Å². The van der Waals surface area contributed by atoms with E-state index in [1.165, 1.54) is 25.7 Å². The van der Waals surface area contributed by atoms with Gasteiger partial charge in [0.05, 0.1) is 11.8 Å². The number of carbonyl (C=O) groups is 2. The Balaban J connectivity index is 1.17. The summed E-state index contributed by atoms with van der Waals surface area (Å²) in [5.74, 6) is 5.85. The number of hydrogen-bond donors (Lipinski definition) is 0. The summed E-state index contributed by atoms with van der Waals surface area (Å²) >= 11 is 0. The molecule has 8 rings (SSSR count). The second kappa shape index (κ2) is 7.95. The normalized spacial score (nSPS) is 55.3. The molecule has 8 aliphatic rings. The second-order valence-corrected chi connectivity index (χ2v) is 14.0. The highest BCUT2D eigenvalue weighted by Crippen LogP contribution is 2.73. The van der Waals surface area contributed by atoms with E-state index in [1.54, 1.807) is 6.92 Å². The molecular weight excluding hydrogens is 440 g/mol. The Labute approximate surface area is 210 Å². The molecule has 0 aromatic carbocycles. The molecule has 0 aromatic rings. The third-order valence-electron chi connectivity index (χ3n) is 12.5. The Hall–Kier alpha value is -1.10. The van der Waals surface area contributed by atoms with Crippen LogP contribution in [0.2, 0.25) is 0 Å². The third-order valence-corrected chi connectivity index (χ3v) is 12.5. The molecule has 5 nitrogen and oxygen atoms in total. The lowest BCUT2D eigenvalue weighted by Crippen LogP contribution is -2.55. The van der Waals surface area contributed by atoms with E-state index in [2.05, 4.69) is 13.8 Å². The molecular formula is C30H44O5. The molecule has 194 valence electrons. The summed E-state index contributed by atoms with van der Waals surface area (Å²) in [4.78, 5) is 27.8. The van der Waals surface area contributed by atoms with E-state index in [-0.39, 0.29) is 41.2 Å². The van der Waals surface area contributed by atoms with Crippen LogP contribution in [0.4, 0.5) is 0 Å². The Kier molecular flexibility index (Phi) is 5.23. The topological polar surface area (TPSA) is 61.8 Å². The molecule has 8 bridgehead atoms. The fourth-order valence-electron chi connectivity index (χ4n) is 11.8. The molecule has 0 aromatic heterocycles. The predicted octanol–water partition coefficient (Wildman–Crippen LogP) is 5.46. The van der Waals surface area contributed by atoms with Crippen molar-refractivity contribution >= 4 is 11.9 Å². The summed E-state index contributed by atoms with van der Waals surface area (Å²) in [7, 11) is 0. The van der Waals surface area contributed by atoms with Crippen molar-refractivity contribution in [2.24, 2.45) is 76.9 Å². The lowest BCUT2D eigenvalue weighted by molar-refractivity contribution is -0.203. The largest absolute Gasteiger partial charge is 0.459 e. The summed E-state index contributed by atoms with van der Waals surface area (Å²) in [6.45, 7) is 9.06. The van der Waals surface area contributed by atoms with Crippen LogP contribution >= 0.6 is 0 Å². The first-order valence-corrected chi connectivity index (χ1v) is 14.8. The lowest BCUT2D eigenvalue weighted by Gasteiger charge is -2.56. The highest BCUT2D eigenvalue weighted by molar-refractivity contribution is 5.84. The van der Waals surface area contributed by atoms with Gasteiger partial charge in [0.1, 0.15) is 5.60 Å². The van der Waals surface area contributed by atoms with Gasteiger partial charge in [-0.1, -0.05) is 13.8 Å². The molecule has 0 heterocycles. The van der Waals surface area contributed by atoms with Crippen molar-refractivity contribution in [3.8, 4) is 0 Å². The van der Waals surface area contributed by atoms with Gasteiger partial charge in [-0.05, 0) is 130 Å². The van der Waals surface area contributed by atoms with Crippen molar-refractivity contribution < 1.29 is 23.8 Å². The molecule has 0 spiro atoms. The van der Waals surface area contributed by atoms with Crippen molar-refractivity contribution in [2.45, 2.75) is 91.0 Å². The van der Waals surface area contributed by atoms with Gasteiger partial charge in [-0.25, -0.2) is 0 Å². The van der Waals surface area contributed by atoms with Gasteiger partial charge >= 0.3 is 11.9 Å². The van der Waals surface area contributed by atoms with Gasteiger partial charge in [0.25, 0.3) is 0 Å². The maximum Gasteiger partial charge on any atom is 0.312 e. The highest BCUT2D eigenvalue weighted by Gasteiger charge is 2.71. The fraction of sp³-hybridized carbons (Fsp3) is 0.933. The molecule has 8 fully saturated rings. The van der Waals surface area contributed by atoms with Gasteiger partial charge in [0, 0.05) is 6.61 Å². The minimum atomic E-state index is -0.568. The van der Waals surface area contributed by atoms with Crippen LogP contribution in [0.5, 0.6) is 0 Å². The van der Waals surface area contributed by atoms with Crippen LogP contribution in [0.1, 0.15) is 79.1 Å². The van der Waals surface area contributed by atoms with Crippen LogP contribution in [0, 0.1) is 76.9 Å². The molecule has 35 heavy (non-hydrogen) atoms. The Morgan fingerprint density at radius 3 is 1.77 bits per heavy atom. The van der Waals surface area contributed by atoms with Gasteiger partial charge in [0.2, 0.25) is 0 Å². The minimum absolute atomic E-state index is 0.0626. The van der Waals surface area contributed by atoms with E-state index in [9.17, 15) is 9.59 Å². The van der Waals surface area contributed by atoms with Crippen LogP contribution < -0.4 is 0 Å². The smallest absolute Gasteiger partial charge is 0.312 e. The average Bonchev–Trinajstić information content (AvgIpc) is 3.51. The molecule has 8 saturated carbocycles. The SMILES string of the molecule is CCOC(C)OC(=O)C1C2CC(C1C(=O)OC13CC4CC(CC(C4)C1)C3)C1C3CC(C(C)C3C)C21. The van der Waals surface area contributed by atoms with Crippen molar-refractivity contribution in [1.29, 1.82) is 0 Å².